The van der Waals surface area contributed by atoms with Gasteiger partial charge in [-0.25, -0.2) is 4.79 Å². The largest absolute Gasteiger partial charge is 0.491 e. The highest BCUT2D eigenvalue weighted by Gasteiger charge is 2.42. The summed E-state index contributed by atoms with van der Waals surface area (Å²) in [5, 5.41) is 17.2. The Balaban J connectivity index is 1.65. The monoisotopic (exact) mass is 851 g/mol. The highest BCUT2D eigenvalue weighted by Crippen LogP contribution is 2.28. The number of amides is 4. The van der Waals surface area contributed by atoms with E-state index in [1.54, 1.807) is 42.5 Å². The molecule has 0 unspecified atom stereocenters. The van der Waals surface area contributed by atoms with Crippen LogP contribution in [0.1, 0.15) is 86.8 Å². The maximum absolute atomic E-state index is 14.4. The average Bonchev–Trinajstić information content (AvgIpc) is 3.21. The van der Waals surface area contributed by atoms with Crippen molar-refractivity contribution in [1.29, 1.82) is 5.41 Å². The van der Waals surface area contributed by atoms with Crippen molar-refractivity contribution >= 4 is 58.1 Å². The lowest BCUT2D eigenvalue weighted by Gasteiger charge is -2.28. The number of esters is 2. The second-order valence-electron chi connectivity index (χ2n) is 15.0. The van der Waals surface area contributed by atoms with Gasteiger partial charge in [-0.15, -0.1) is 0 Å². The number of primary amides is 1. The van der Waals surface area contributed by atoms with Gasteiger partial charge in [-0.1, -0.05) is 98.8 Å². The van der Waals surface area contributed by atoms with E-state index in [2.05, 4.69) is 25.7 Å². The molecule has 12 N–H and O–H groups in total. The number of guanidine groups is 1. The zero-order valence-electron chi connectivity index (χ0n) is 33.5. The van der Waals surface area contributed by atoms with Crippen LogP contribution in [0, 0.1) is 11.3 Å². The van der Waals surface area contributed by atoms with Gasteiger partial charge in [0.05, 0.1) is 5.92 Å². The van der Waals surface area contributed by atoms with Gasteiger partial charge >= 0.3 is 18.1 Å². The van der Waals surface area contributed by atoms with E-state index in [-0.39, 0.29) is 49.9 Å². The van der Waals surface area contributed by atoms with Crippen LogP contribution in [0.3, 0.4) is 0 Å². The van der Waals surface area contributed by atoms with Crippen molar-refractivity contribution in [3.63, 3.8) is 0 Å². The molecule has 0 saturated heterocycles. The van der Waals surface area contributed by atoms with E-state index in [1.807, 2.05) is 24.3 Å². The molecule has 61 heavy (non-hydrogen) atoms. The molecule has 1 fully saturated rings. The van der Waals surface area contributed by atoms with E-state index in [0.29, 0.717) is 16.7 Å². The fraction of sp³-hybridized carbons (Fsp3) is 0.429. The quantitative estimate of drug-likeness (QED) is 0.0270. The third-order valence-corrected chi connectivity index (χ3v) is 10.4. The van der Waals surface area contributed by atoms with Crippen LogP contribution in [-0.2, 0) is 39.9 Å². The first-order valence-electron chi connectivity index (χ1n) is 19.9. The molecule has 3 aromatic rings. The summed E-state index contributed by atoms with van der Waals surface area (Å²) in [5.41, 5.74) is 23.8. The molecule has 1 aliphatic carbocycles. The number of nitrogens with zero attached hydrogens (tertiary/aromatic N) is 1. The summed E-state index contributed by atoms with van der Waals surface area (Å²) in [6.07, 6.45) is -1.98. The van der Waals surface area contributed by atoms with Crippen molar-refractivity contribution in [2.24, 2.45) is 33.8 Å². The Bertz CT molecular complexity index is 2090. The summed E-state index contributed by atoms with van der Waals surface area (Å²) >= 11 is 0. The predicted octanol–water partition coefficient (Wildman–Crippen LogP) is 2.83. The van der Waals surface area contributed by atoms with Gasteiger partial charge in [-0.2, -0.15) is 13.2 Å². The highest BCUT2D eigenvalue weighted by molar-refractivity contribution is 5.97. The van der Waals surface area contributed by atoms with Gasteiger partial charge in [0.25, 0.3) is 0 Å². The van der Waals surface area contributed by atoms with E-state index in [9.17, 15) is 41.9 Å². The lowest BCUT2D eigenvalue weighted by Crippen LogP contribution is -2.57. The molecular formula is C42H52F3N9O7. The second kappa shape index (κ2) is 22.2. The predicted molar refractivity (Wildman–Crippen MR) is 220 cm³/mol. The fourth-order valence-electron chi connectivity index (χ4n) is 7.18. The van der Waals surface area contributed by atoms with Crippen LogP contribution in [0.4, 0.5) is 13.2 Å². The topological polar surface area (TPSA) is 288 Å². The molecule has 4 rings (SSSR count). The SMILES string of the molecule is N=C(N)c1ccc(C[C@H](C(=O)N[C@@H](CCC(=O)OC(=O)C(F)(F)F)C(=O)N[C@@H](CCCN=C(N)N)C(=O)N[C@@H](CC2CCCCC2)C(N)=O)c2ccc3ccccc3c2)cc1. The molecule has 0 heterocycles. The number of fused-ring (bicyclic) bond motifs is 1. The standard InChI is InChI=1S/C42H52F3N9O7/c43-42(44,45)40(60)61-34(55)19-18-32(39(59)53-31(11-6-20-51-41(49)50)38(58)54-33(36(48)56)22-24-7-2-1-3-8-24)52-37(57)30(21-25-12-14-27(15-13-25)35(46)47)29-17-16-26-9-4-5-10-28(26)23-29/h4-5,9-10,12-17,23-24,30-33H,1-3,6-8,11,18-22H2,(H3,46,47)(H2,48,56)(H,52,57)(H,53,59)(H,54,58)(H4,49,50,51)/t30-,31-,32-,33-/m0/s1. The highest BCUT2D eigenvalue weighted by atomic mass is 19.4. The minimum absolute atomic E-state index is 0.0450. The summed E-state index contributed by atoms with van der Waals surface area (Å²) < 4.78 is 42.7. The smallest absolute Gasteiger partial charge is 0.386 e. The molecule has 328 valence electrons. The van der Waals surface area contributed by atoms with Crippen LogP contribution in [-0.4, -0.2) is 78.2 Å². The number of nitrogens with one attached hydrogen (secondary N) is 4. The van der Waals surface area contributed by atoms with E-state index in [4.69, 9.17) is 28.3 Å². The number of carbonyl (C=O) groups excluding carboxylic acids is 6. The zero-order valence-corrected chi connectivity index (χ0v) is 33.5. The Morgan fingerprint density at radius 1 is 0.770 bits per heavy atom. The summed E-state index contributed by atoms with van der Waals surface area (Å²) in [6.45, 7) is 0.0450. The minimum Gasteiger partial charge on any atom is -0.386 e. The summed E-state index contributed by atoms with van der Waals surface area (Å²) in [6, 6.07) is 15.1. The molecule has 0 radical (unpaired) electrons. The number of hydrogen-bond donors (Lipinski definition) is 8. The van der Waals surface area contributed by atoms with Gasteiger partial charge in [-0.05, 0) is 59.9 Å². The second-order valence-corrected chi connectivity index (χ2v) is 15.0. The van der Waals surface area contributed by atoms with Crippen LogP contribution in [0.5, 0.6) is 0 Å². The number of rotatable bonds is 20. The number of benzene rings is 3. The van der Waals surface area contributed by atoms with Crippen molar-refractivity contribution in [1.82, 2.24) is 16.0 Å². The summed E-state index contributed by atoms with van der Waals surface area (Å²) in [5.74, 6) is -8.97. The number of amidine groups is 1. The number of nitrogens with two attached hydrogens (primary N) is 4. The van der Waals surface area contributed by atoms with Gasteiger partial charge in [-0.3, -0.25) is 34.4 Å². The molecule has 1 aliphatic rings. The Kier molecular flexibility index (Phi) is 17.1. The van der Waals surface area contributed by atoms with Crippen molar-refractivity contribution in [2.45, 2.75) is 101 Å². The maximum Gasteiger partial charge on any atom is 0.491 e. The number of nitrogen functional groups attached to an aromatic ring is 1. The van der Waals surface area contributed by atoms with Crippen LogP contribution < -0.4 is 38.9 Å². The first-order valence-corrected chi connectivity index (χ1v) is 19.9. The Morgan fingerprint density at radius 3 is 1.98 bits per heavy atom. The van der Waals surface area contributed by atoms with E-state index in [1.165, 1.54) is 0 Å². The number of carbonyl (C=O) groups is 6. The molecule has 0 aliphatic heterocycles. The van der Waals surface area contributed by atoms with Crippen molar-refractivity contribution in [3.8, 4) is 0 Å². The molecule has 3 aromatic carbocycles. The van der Waals surface area contributed by atoms with Crippen molar-refractivity contribution < 1.29 is 46.7 Å². The van der Waals surface area contributed by atoms with Gasteiger partial charge < -0.3 is 43.6 Å². The molecule has 4 atom stereocenters. The molecule has 4 amide bonds. The molecule has 1 saturated carbocycles. The minimum atomic E-state index is -5.48. The average molecular weight is 852 g/mol. The van der Waals surface area contributed by atoms with E-state index < -0.39 is 78.6 Å². The Hall–Kier alpha value is -6.53. The van der Waals surface area contributed by atoms with Crippen molar-refractivity contribution in [3.05, 3.63) is 83.4 Å². The normalized spacial score (nSPS) is 15.0. The molecule has 0 bridgehead atoms. The fourth-order valence-corrected chi connectivity index (χ4v) is 7.18. The Labute approximate surface area is 350 Å². The van der Waals surface area contributed by atoms with Gasteiger partial charge in [0.1, 0.15) is 24.0 Å². The number of alkyl halides is 3. The summed E-state index contributed by atoms with van der Waals surface area (Å²) in [4.78, 5) is 82.7. The zero-order chi connectivity index (χ0) is 44.7. The first kappa shape index (κ1) is 47.2. The third kappa shape index (κ3) is 14.9. The molecule has 16 nitrogen and oxygen atoms in total. The number of aliphatic imine (C=N–C) groups is 1. The number of hydrogen-bond acceptors (Lipinski definition) is 9. The van der Waals surface area contributed by atoms with Crippen LogP contribution in [0.15, 0.2) is 71.7 Å². The molecule has 19 heteroatoms. The molecule has 0 spiro atoms. The van der Waals surface area contributed by atoms with E-state index in [0.717, 1.165) is 42.9 Å². The Morgan fingerprint density at radius 2 is 1.38 bits per heavy atom. The first-order chi connectivity index (χ1) is 28.9. The lowest BCUT2D eigenvalue weighted by atomic mass is 9.84. The van der Waals surface area contributed by atoms with Gasteiger partial charge in [0.15, 0.2) is 5.96 Å². The lowest BCUT2D eigenvalue weighted by molar-refractivity contribution is -0.201. The third-order valence-electron chi connectivity index (χ3n) is 10.4. The number of halogens is 3. The van der Waals surface area contributed by atoms with Crippen LogP contribution in [0.2, 0.25) is 0 Å². The van der Waals surface area contributed by atoms with Crippen LogP contribution >= 0.6 is 0 Å². The van der Waals surface area contributed by atoms with Crippen molar-refractivity contribution in [2.75, 3.05) is 6.54 Å². The molecule has 0 aromatic heterocycles. The van der Waals surface area contributed by atoms with Gasteiger partial charge in [0, 0.05) is 18.5 Å². The maximum atomic E-state index is 14.4. The number of ether oxygens (including phenoxy) is 1. The summed E-state index contributed by atoms with van der Waals surface area (Å²) in [7, 11) is 0. The molecular weight excluding hydrogens is 800 g/mol. The van der Waals surface area contributed by atoms with Gasteiger partial charge in [0.2, 0.25) is 23.6 Å². The van der Waals surface area contributed by atoms with E-state index >= 15 is 0 Å². The van der Waals surface area contributed by atoms with Crippen LogP contribution in [0.25, 0.3) is 10.8 Å².